The third-order valence-electron chi connectivity index (χ3n) is 4.14. The number of alkyl halides is 1. The molecule has 4 heteroatoms. The van der Waals surface area contributed by atoms with E-state index in [-0.39, 0.29) is 5.41 Å². The van der Waals surface area contributed by atoms with E-state index in [0.717, 1.165) is 36.8 Å². The third-order valence-corrected chi connectivity index (χ3v) is 4.44. The summed E-state index contributed by atoms with van der Waals surface area (Å²) in [5.74, 6) is 2.30. The Hall–Kier alpha value is -0.800. The first-order valence-electron chi connectivity index (χ1n) is 7.75. The van der Waals surface area contributed by atoms with Gasteiger partial charge in [-0.2, -0.15) is 0 Å². The number of hydrogen-bond acceptors (Lipinski definition) is 3. The highest BCUT2D eigenvalue weighted by molar-refractivity contribution is 6.17. The summed E-state index contributed by atoms with van der Waals surface area (Å²) in [6.07, 6.45) is 2.34. The van der Waals surface area contributed by atoms with Crippen molar-refractivity contribution in [3.05, 3.63) is 23.4 Å². The summed E-state index contributed by atoms with van der Waals surface area (Å²) in [6, 6.07) is 4.27. The number of hydrogen-bond donors (Lipinski definition) is 0. The maximum absolute atomic E-state index is 6.06. The molecule has 0 aromatic carbocycles. The number of anilines is 1. The Morgan fingerprint density at radius 2 is 1.95 bits per heavy atom. The highest BCUT2D eigenvalue weighted by Gasteiger charge is 2.23. The van der Waals surface area contributed by atoms with Crippen molar-refractivity contribution >= 4 is 17.4 Å². The van der Waals surface area contributed by atoms with Gasteiger partial charge in [0.15, 0.2) is 0 Å². The number of aromatic nitrogens is 1. The maximum Gasteiger partial charge on any atom is 0.129 e. The summed E-state index contributed by atoms with van der Waals surface area (Å²) >= 11 is 6.06. The average molecular weight is 311 g/mol. The van der Waals surface area contributed by atoms with Gasteiger partial charge in [0.1, 0.15) is 5.82 Å². The Bertz CT molecular complexity index is 462. The van der Waals surface area contributed by atoms with Gasteiger partial charge >= 0.3 is 0 Å². The molecule has 0 atom stereocenters. The van der Waals surface area contributed by atoms with Gasteiger partial charge in [-0.1, -0.05) is 20.8 Å². The molecule has 0 N–H and O–H groups in total. The van der Waals surface area contributed by atoms with Gasteiger partial charge in [-0.3, -0.25) is 0 Å². The van der Waals surface area contributed by atoms with E-state index >= 15 is 0 Å². The lowest BCUT2D eigenvalue weighted by Crippen LogP contribution is -2.36. The lowest BCUT2D eigenvalue weighted by molar-refractivity contribution is 0.139. The molecule has 1 fully saturated rings. The molecule has 2 heterocycles. The van der Waals surface area contributed by atoms with Crippen molar-refractivity contribution in [3.8, 4) is 0 Å². The normalized spacial score (nSPS) is 17.3. The Morgan fingerprint density at radius 1 is 1.29 bits per heavy atom. The molecule has 0 spiro atoms. The van der Waals surface area contributed by atoms with E-state index in [1.54, 1.807) is 7.11 Å². The molecule has 0 unspecified atom stereocenters. The number of methoxy groups -OCH3 is 1. The SMILES string of the molecule is COCC1CCN(c2cc(CCl)cc(C(C)(C)C)n2)CC1. The number of rotatable bonds is 4. The second-order valence-electron chi connectivity index (χ2n) is 6.99. The average Bonchev–Trinajstić information content (AvgIpc) is 2.47. The van der Waals surface area contributed by atoms with Crippen molar-refractivity contribution in [2.24, 2.45) is 5.92 Å². The smallest absolute Gasteiger partial charge is 0.129 e. The van der Waals surface area contributed by atoms with Gasteiger partial charge in [-0.15, -0.1) is 11.6 Å². The van der Waals surface area contributed by atoms with Gasteiger partial charge in [-0.05, 0) is 36.5 Å². The Kier molecular flexibility index (Phi) is 5.50. The van der Waals surface area contributed by atoms with Crippen molar-refractivity contribution in [2.45, 2.75) is 44.9 Å². The molecule has 3 nitrogen and oxygen atoms in total. The van der Waals surface area contributed by atoms with Crippen LogP contribution in [0.3, 0.4) is 0 Å². The van der Waals surface area contributed by atoms with Crippen LogP contribution in [0.2, 0.25) is 0 Å². The van der Waals surface area contributed by atoms with Crippen LogP contribution in [0.4, 0.5) is 5.82 Å². The van der Waals surface area contributed by atoms with Gasteiger partial charge in [-0.25, -0.2) is 4.98 Å². The lowest BCUT2D eigenvalue weighted by Gasteiger charge is -2.33. The van der Waals surface area contributed by atoms with Gasteiger partial charge in [0.2, 0.25) is 0 Å². The van der Waals surface area contributed by atoms with Crippen molar-refractivity contribution in [3.63, 3.8) is 0 Å². The number of ether oxygens (including phenoxy) is 1. The predicted molar refractivity (Wildman–Crippen MR) is 89.3 cm³/mol. The summed E-state index contributed by atoms with van der Waals surface area (Å²) in [5, 5.41) is 0. The van der Waals surface area contributed by atoms with E-state index in [4.69, 9.17) is 21.3 Å². The van der Waals surface area contributed by atoms with Crippen LogP contribution in [0.1, 0.15) is 44.9 Å². The van der Waals surface area contributed by atoms with Gasteiger partial charge < -0.3 is 9.64 Å². The molecule has 0 amide bonds. The summed E-state index contributed by atoms with van der Waals surface area (Å²) in [4.78, 5) is 7.27. The quantitative estimate of drug-likeness (QED) is 0.787. The molecule has 1 aliphatic heterocycles. The highest BCUT2D eigenvalue weighted by Crippen LogP contribution is 2.28. The van der Waals surface area contributed by atoms with Crippen LogP contribution < -0.4 is 4.90 Å². The molecular formula is C17H27ClN2O. The number of nitrogens with zero attached hydrogens (tertiary/aromatic N) is 2. The molecule has 1 aliphatic rings. The van der Waals surface area contributed by atoms with Crippen LogP contribution in [0.5, 0.6) is 0 Å². The van der Waals surface area contributed by atoms with Crippen LogP contribution in [-0.4, -0.2) is 31.8 Å². The molecule has 118 valence electrons. The molecular weight excluding hydrogens is 284 g/mol. The zero-order chi connectivity index (χ0) is 15.5. The van der Waals surface area contributed by atoms with Crippen LogP contribution >= 0.6 is 11.6 Å². The Balaban J connectivity index is 2.16. The summed E-state index contributed by atoms with van der Waals surface area (Å²) in [5.41, 5.74) is 2.32. The first kappa shape index (κ1) is 16.6. The fourth-order valence-electron chi connectivity index (χ4n) is 2.76. The van der Waals surface area contributed by atoms with Gasteiger partial charge in [0.25, 0.3) is 0 Å². The molecule has 1 aromatic heterocycles. The zero-order valence-electron chi connectivity index (χ0n) is 13.7. The minimum atomic E-state index is 0.0468. The maximum atomic E-state index is 6.06. The number of pyridine rings is 1. The predicted octanol–water partition coefficient (Wildman–Crippen LogP) is 3.98. The second kappa shape index (κ2) is 6.97. The monoisotopic (exact) mass is 310 g/mol. The molecule has 1 saturated heterocycles. The Labute approximate surface area is 133 Å². The Morgan fingerprint density at radius 3 is 2.48 bits per heavy atom. The number of piperidine rings is 1. The summed E-state index contributed by atoms with van der Waals surface area (Å²) < 4.78 is 5.27. The number of halogens is 1. The van der Waals surface area contributed by atoms with Crippen LogP contribution in [0, 0.1) is 5.92 Å². The van der Waals surface area contributed by atoms with Crippen LogP contribution in [0.15, 0.2) is 12.1 Å². The fourth-order valence-corrected chi connectivity index (χ4v) is 2.91. The van der Waals surface area contributed by atoms with Gasteiger partial charge in [0, 0.05) is 43.8 Å². The first-order chi connectivity index (χ1) is 9.94. The third kappa shape index (κ3) is 4.33. The van der Waals surface area contributed by atoms with Crippen LogP contribution in [-0.2, 0) is 16.0 Å². The largest absolute Gasteiger partial charge is 0.384 e. The molecule has 1 aromatic rings. The van der Waals surface area contributed by atoms with E-state index in [1.165, 1.54) is 12.8 Å². The van der Waals surface area contributed by atoms with E-state index in [9.17, 15) is 0 Å². The summed E-state index contributed by atoms with van der Waals surface area (Å²) in [7, 11) is 1.79. The van der Waals surface area contributed by atoms with E-state index < -0.39 is 0 Å². The van der Waals surface area contributed by atoms with Crippen molar-refractivity contribution in [1.82, 2.24) is 4.98 Å². The van der Waals surface area contributed by atoms with E-state index in [2.05, 4.69) is 37.8 Å². The molecule has 0 radical (unpaired) electrons. The minimum absolute atomic E-state index is 0.0468. The fraction of sp³-hybridized carbons (Fsp3) is 0.706. The second-order valence-corrected chi connectivity index (χ2v) is 7.26. The van der Waals surface area contributed by atoms with Crippen molar-refractivity contribution < 1.29 is 4.74 Å². The highest BCUT2D eigenvalue weighted by atomic mass is 35.5. The zero-order valence-corrected chi connectivity index (χ0v) is 14.4. The molecule has 0 aliphatic carbocycles. The van der Waals surface area contributed by atoms with E-state index in [1.807, 2.05) is 0 Å². The topological polar surface area (TPSA) is 25.4 Å². The minimum Gasteiger partial charge on any atom is -0.384 e. The molecule has 21 heavy (non-hydrogen) atoms. The molecule has 0 saturated carbocycles. The van der Waals surface area contributed by atoms with Gasteiger partial charge in [0.05, 0.1) is 0 Å². The first-order valence-corrected chi connectivity index (χ1v) is 8.28. The molecule has 0 bridgehead atoms. The van der Waals surface area contributed by atoms with E-state index in [0.29, 0.717) is 11.8 Å². The standard InChI is InChI=1S/C17H27ClN2O/c1-17(2,3)15-9-14(11-18)10-16(19-15)20-7-5-13(6-8-20)12-21-4/h9-10,13H,5-8,11-12H2,1-4H3. The van der Waals surface area contributed by atoms with Crippen LogP contribution in [0.25, 0.3) is 0 Å². The lowest BCUT2D eigenvalue weighted by atomic mass is 9.90. The summed E-state index contributed by atoms with van der Waals surface area (Å²) in [6.45, 7) is 9.56. The van der Waals surface area contributed by atoms with Crippen molar-refractivity contribution in [2.75, 3.05) is 31.7 Å². The van der Waals surface area contributed by atoms with Crippen molar-refractivity contribution in [1.29, 1.82) is 0 Å². The molecule has 2 rings (SSSR count).